The molecule has 0 saturated carbocycles. The van der Waals surface area contributed by atoms with Crippen LogP contribution < -0.4 is 18.5 Å². The number of nitrogens with zero attached hydrogens (tertiary/aromatic N) is 5. The molecule has 0 saturated heterocycles. The summed E-state index contributed by atoms with van der Waals surface area (Å²) < 4.78 is 50.2. The van der Waals surface area contributed by atoms with Gasteiger partial charge in [-0.25, -0.2) is 22.5 Å². The molecular formula is C18H15FN6O4S2. The summed E-state index contributed by atoms with van der Waals surface area (Å²) in [5, 5.41) is 11.0. The molecule has 0 fully saturated rings. The minimum atomic E-state index is -4.30. The molecule has 0 radical (unpaired) electrons. The van der Waals surface area contributed by atoms with Crippen molar-refractivity contribution >= 4 is 37.9 Å². The van der Waals surface area contributed by atoms with E-state index in [1.165, 1.54) is 0 Å². The van der Waals surface area contributed by atoms with Gasteiger partial charge in [0.05, 0.1) is 29.8 Å². The first-order chi connectivity index (χ1) is 14.8. The van der Waals surface area contributed by atoms with Gasteiger partial charge in [0.1, 0.15) is 28.0 Å². The number of hydrogen-bond acceptors (Lipinski definition) is 8. The summed E-state index contributed by atoms with van der Waals surface area (Å²) in [5.41, 5.74) is 2.28. The van der Waals surface area contributed by atoms with Gasteiger partial charge in [0.15, 0.2) is 6.73 Å². The number of halogens is 1. The summed E-state index contributed by atoms with van der Waals surface area (Å²) in [4.78, 5) is 9.02. The third kappa shape index (κ3) is 3.31. The molecule has 0 unspecified atom stereocenters. The van der Waals surface area contributed by atoms with E-state index in [4.69, 9.17) is 4.74 Å². The van der Waals surface area contributed by atoms with Gasteiger partial charge in [-0.1, -0.05) is 6.07 Å². The van der Waals surface area contributed by atoms with E-state index in [1.807, 2.05) is 34.4 Å². The maximum atomic E-state index is 14.9. The molecule has 13 heteroatoms. The van der Waals surface area contributed by atoms with Crippen LogP contribution in [0.2, 0.25) is 0 Å². The highest BCUT2D eigenvalue weighted by Gasteiger charge is 2.32. The Morgan fingerprint density at radius 2 is 2.23 bits per heavy atom. The van der Waals surface area contributed by atoms with Crippen LogP contribution in [0.5, 0.6) is 5.75 Å². The third-order valence-corrected chi connectivity index (χ3v) is 7.15. The van der Waals surface area contributed by atoms with E-state index in [1.54, 1.807) is 12.5 Å². The standard InChI is InChI=1S/C18H15FN6O4S2/c1-11(14-4-2-3-12-7-20-8-23(12)14)24-10-29-16-6-17(13(19)5-15(16)24)31(27,28)22-18-21-9-25(26)30-18/h2-9,11H,10H2,1H3,(H,21,22)/t11-/m0/s1. The first-order valence-electron chi connectivity index (χ1n) is 9.06. The van der Waals surface area contributed by atoms with E-state index >= 15 is 0 Å². The van der Waals surface area contributed by atoms with E-state index < -0.39 is 20.7 Å². The molecule has 0 amide bonds. The second kappa shape index (κ2) is 7.06. The number of sulfonamides is 1. The van der Waals surface area contributed by atoms with Crippen molar-refractivity contribution in [2.75, 3.05) is 16.4 Å². The van der Waals surface area contributed by atoms with E-state index in [-0.39, 0.29) is 23.7 Å². The number of nitrogens with one attached hydrogen (secondary N) is 1. The molecule has 10 nitrogen and oxygen atoms in total. The molecule has 1 aliphatic heterocycles. The van der Waals surface area contributed by atoms with Crippen LogP contribution in [-0.4, -0.2) is 29.5 Å². The van der Waals surface area contributed by atoms with Gasteiger partial charge in [0.25, 0.3) is 10.0 Å². The van der Waals surface area contributed by atoms with Crippen LogP contribution in [0.3, 0.4) is 0 Å². The van der Waals surface area contributed by atoms with Gasteiger partial charge >= 0.3 is 11.5 Å². The molecule has 1 atom stereocenters. The van der Waals surface area contributed by atoms with Crippen LogP contribution in [0, 0.1) is 11.0 Å². The number of benzene rings is 1. The van der Waals surface area contributed by atoms with Crippen molar-refractivity contribution < 1.29 is 21.7 Å². The first kappa shape index (κ1) is 19.5. The van der Waals surface area contributed by atoms with E-state index in [0.717, 1.165) is 29.7 Å². The number of fused-ring (bicyclic) bond motifs is 2. The summed E-state index contributed by atoms with van der Waals surface area (Å²) in [6, 6.07) is 7.84. The molecule has 4 heterocycles. The van der Waals surface area contributed by atoms with Gasteiger partial charge in [0, 0.05) is 17.8 Å². The first-order valence-corrected chi connectivity index (χ1v) is 11.3. The Balaban J connectivity index is 1.49. The normalized spacial score (nSPS) is 14.5. The van der Waals surface area contributed by atoms with Gasteiger partial charge in [-0.2, -0.15) is 4.12 Å². The van der Waals surface area contributed by atoms with Gasteiger partial charge in [-0.3, -0.25) is 0 Å². The zero-order valence-electron chi connectivity index (χ0n) is 16.0. The van der Waals surface area contributed by atoms with Crippen LogP contribution in [0.15, 0.2) is 54.1 Å². The largest absolute Gasteiger partial charge is 0.700 e. The molecule has 3 aromatic heterocycles. The Hall–Kier alpha value is -3.45. The van der Waals surface area contributed by atoms with Crippen LogP contribution in [0.1, 0.15) is 18.7 Å². The zero-order valence-corrected chi connectivity index (χ0v) is 17.6. The van der Waals surface area contributed by atoms with E-state index in [2.05, 4.69) is 14.7 Å². The highest BCUT2D eigenvalue weighted by molar-refractivity contribution is 7.93. The van der Waals surface area contributed by atoms with Crippen molar-refractivity contribution in [3.05, 3.63) is 65.9 Å². The molecule has 160 valence electrons. The average molecular weight is 462 g/mol. The summed E-state index contributed by atoms with van der Waals surface area (Å²) >= 11 is 0.534. The van der Waals surface area contributed by atoms with Crippen LogP contribution in [0.25, 0.3) is 5.52 Å². The molecule has 0 spiro atoms. The molecule has 4 aromatic rings. The number of anilines is 2. The number of hydrogen-bond donors (Lipinski definition) is 1. The minimum absolute atomic E-state index is 0.126. The van der Waals surface area contributed by atoms with Crippen LogP contribution in [0.4, 0.5) is 15.2 Å². The third-order valence-electron chi connectivity index (χ3n) is 5.01. The topological polar surface area (TPSA) is 116 Å². The predicted octanol–water partition coefficient (Wildman–Crippen LogP) is 2.28. The Bertz CT molecular complexity index is 1400. The summed E-state index contributed by atoms with van der Waals surface area (Å²) in [5.74, 6) is -0.703. The molecular weight excluding hydrogens is 447 g/mol. The minimum Gasteiger partial charge on any atom is -0.700 e. The second-order valence-corrected chi connectivity index (χ2v) is 9.42. The lowest BCUT2D eigenvalue weighted by molar-refractivity contribution is -0.532. The highest BCUT2D eigenvalue weighted by atomic mass is 32.2. The summed E-state index contributed by atoms with van der Waals surface area (Å²) in [6.45, 7) is 2.07. The molecule has 0 bridgehead atoms. The number of pyridine rings is 1. The number of ether oxygens (including phenoxy) is 1. The van der Waals surface area contributed by atoms with Gasteiger partial charge in [-0.05, 0) is 24.0 Å². The molecule has 5 rings (SSSR count). The van der Waals surface area contributed by atoms with Crippen molar-refractivity contribution in [1.29, 1.82) is 0 Å². The van der Waals surface area contributed by atoms with Crippen molar-refractivity contribution in [3.8, 4) is 5.75 Å². The van der Waals surface area contributed by atoms with Crippen LogP contribution in [-0.2, 0) is 10.0 Å². The number of rotatable bonds is 5. The summed E-state index contributed by atoms with van der Waals surface area (Å²) in [7, 11) is -4.30. The smallest absolute Gasteiger partial charge is 0.348 e. The maximum Gasteiger partial charge on any atom is 0.348 e. The predicted molar refractivity (Wildman–Crippen MR) is 110 cm³/mol. The number of imidazole rings is 1. The SMILES string of the molecule is C[C@@H](c1cccc2cncn12)N1COc2cc(S(=O)(=O)Nc3nc[n+]([O-])s3)c(F)cc21. The van der Waals surface area contributed by atoms with Crippen molar-refractivity contribution in [2.24, 2.45) is 0 Å². The van der Waals surface area contributed by atoms with Crippen molar-refractivity contribution in [2.45, 2.75) is 17.9 Å². The Morgan fingerprint density at radius 1 is 1.39 bits per heavy atom. The average Bonchev–Trinajstić information content (AvgIpc) is 3.45. The fourth-order valence-electron chi connectivity index (χ4n) is 3.52. The fourth-order valence-corrected chi connectivity index (χ4v) is 5.32. The Labute approximate surface area is 180 Å². The van der Waals surface area contributed by atoms with Crippen molar-refractivity contribution in [3.63, 3.8) is 0 Å². The molecule has 1 N–H and O–H groups in total. The Kier molecular flexibility index (Phi) is 4.44. The lowest BCUT2D eigenvalue weighted by atomic mass is 10.1. The molecule has 0 aliphatic carbocycles. The summed E-state index contributed by atoms with van der Waals surface area (Å²) in [6.07, 6.45) is 4.35. The molecule has 1 aliphatic rings. The zero-order chi connectivity index (χ0) is 21.8. The second-order valence-electron chi connectivity index (χ2n) is 6.84. The Morgan fingerprint density at radius 3 is 3.00 bits per heavy atom. The molecule has 1 aromatic carbocycles. The van der Waals surface area contributed by atoms with Crippen LogP contribution >= 0.6 is 11.5 Å². The van der Waals surface area contributed by atoms with Gasteiger partial charge < -0.3 is 19.2 Å². The molecule has 31 heavy (non-hydrogen) atoms. The number of aromatic nitrogens is 4. The monoisotopic (exact) mass is 462 g/mol. The lowest BCUT2D eigenvalue weighted by Crippen LogP contribution is -2.27. The maximum absolute atomic E-state index is 14.9. The quantitative estimate of drug-likeness (QED) is 0.357. The van der Waals surface area contributed by atoms with Gasteiger partial charge in [0.2, 0.25) is 0 Å². The van der Waals surface area contributed by atoms with Crippen molar-refractivity contribution in [1.82, 2.24) is 14.4 Å². The van der Waals surface area contributed by atoms with E-state index in [0.29, 0.717) is 21.3 Å². The van der Waals surface area contributed by atoms with Gasteiger partial charge in [-0.15, -0.1) is 0 Å². The fraction of sp³-hybridized carbons (Fsp3) is 0.167. The van der Waals surface area contributed by atoms with E-state index in [9.17, 15) is 18.0 Å². The lowest BCUT2D eigenvalue weighted by Gasteiger charge is -2.26. The highest BCUT2D eigenvalue weighted by Crippen LogP contribution is 2.41.